The zero-order valence-corrected chi connectivity index (χ0v) is 11.8. The Bertz CT molecular complexity index is 669. The van der Waals surface area contributed by atoms with Crippen LogP contribution in [0.1, 0.15) is 6.92 Å². The zero-order valence-electron chi connectivity index (χ0n) is 10.1. The van der Waals surface area contributed by atoms with Gasteiger partial charge in [0.2, 0.25) is 0 Å². The van der Waals surface area contributed by atoms with Crippen LogP contribution >= 0.6 is 20.2 Å². The normalized spacial score (nSPS) is 13.7. The first-order valence-corrected chi connectivity index (χ1v) is 7.23. The van der Waals surface area contributed by atoms with Crippen LogP contribution in [0.2, 0.25) is 0 Å². The maximum Gasteiger partial charge on any atom is 0.534 e. The van der Waals surface area contributed by atoms with Gasteiger partial charge in [0.05, 0.1) is 19.0 Å². The Kier molecular flexibility index (Phi) is 4.20. The smallest absolute Gasteiger partial charge is 0.369 e. The van der Waals surface area contributed by atoms with Gasteiger partial charge in [-0.05, 0) is 11.5 Å². The Morgan fingerprint density at radius 3 is 3.16 bits per heavy atom. The van der Waals surface area contributed by atoms with Crippen molar-refractivity contribution >= 4 is 37.4 Å². The van der Waals surface area contributed by atoms with Gasteiger partial charge in [0.1, 0.15) is 11.2 Å². The number of aromatic amines is 1. The third kappa shape index (κ3) is 3.32. The summed E-state index contributed by atoms with van der Waals surface area (Å²) in [5.41, 5.74) is 6.82. The molecule has 10 heteroatoms. The SMILES string of the molecule is CC(Cn1cnc2c(=S)nc(N)[nH]c21)OC[P+](=O)O. The second-order valence-corrected chi connectivity index (χ2v) is 5.33. The number of hydrogen-bond donors (Lipinski definition) is 3. The lowest BCUT2D eigenvalue weighted by Crippen LogP contribution is -2.16. The monoisotopic (exact) mass is 302 g/mol. The minimum Gasteiger partial charge on any atom is -0.369 e. The Balaban J connectivity index is 2.21. The fraction of sp³-hybridized carbons (Fsp3) is 0.444. The molecule has 2 heterocycles. The summed E-state index contributed by atoms with van der Waals surface area (Å²) >= 11 is 5.06. The molecule has 0 aliphatic carbocycles. The molecule has 2 aromatic rings. The van der Waals surface area contributed by atoms with Gasteiger partial charge in [-0.1, -0.05) is 12.2 Å². The number of rotatable bonds is 5. The Labute approximate surface area is 114 Å². The highest BCUT2D eigenvalue weighted by molar-refractivity contribution is 7.71. The van der Waals surface area contributed by atoms with Gasteiger partial charge < -0.3 is 20.0 Å². The topological polar surface area (TPSA) is 119 Å². The molecule has 0 amide bonds. The van der Waals surface area contributed by atoms with E-state index in [2.05, 4.69) is 15.0 Å². The molecule has 19 heavy (non-hydrogen) atoms. The summed E-state index contributed by atoms with van der Waals surface area (Å²) < 4.78 is 17.9. The predicted molar refractivity (Wildman–Crippen MR) is 72.4 cm³/mol. The largest absolute Gasteiger partial charge is 0.534 e. The van der Waals surface area contributed by atoms with Crippen molar-refractivity contribution in [2.45, 2.75) is 19.6 Å². The van der Waals surface area contributed by atoms with Crippen LogP contribution in [-0.4, -0.2) is 36.9 Å². The van der Waals surface area contributed by atoms with Gasteiger partial charge >= 0.3 is 8.03 Å². The van der Waals surface area contributed by atoms with E-state index in [1.807, 2.05) is 0 Å². The molecule has 0 aliphatic heterocycles. The number of ether oxygens (including phenoxy) is 1. The van der Waals surface area contributed by atoms with Crippen LogP contribution in [0.5, 0.6) is 0 Å². The number of hydrogen-bond acceptors (Lipinski definition) is 6. The third-order valence-corrected chi connectivity index (χ3v) is 3.09. The van der Waals surface area contributed by atoms with Crippen LogP contribution in [0.4, 0.5) is 5.95 Å². The highest BCUT2D eigenvalue weighted by Crippen LogP contribution is 2.16. The molecule has 0 saturated heterocycles. The number of nitrogens with two attached hydrogens (primary N) is 1. The van der Waals surface area contributed by atoms with Crippen LogP contribution in [0.25, 0.3) is 11.2 Å². The van der Waals surface area contributed by atoms with Gasteiger partial charge in [-0.3, -0.25) is 0 Å². The predicted octanol–water partition coefficient (Wildman–Crippen LogP) is 1.17. The molecule has 0 aliphatic rings. The van der Waals surface area contributed by atoms with E-state index in [9.17, 15) is 4.57 Å². The molecule has 2 unspecified atom stereocenters. The van der Waals surface area contributed by atoms with Gasteiger partial charge in [-0.2, -0.15) is 4.89 Å². The molecule has 4 N–H and O–H groups in total. The van der Waals surface area contributed by atoms with Crippen molar-refractivity contribution in [3.8, 4) is 0 Å². The van der Waals surface area contributed by atoms with E-state index in [0.29, 0.717) is 22.3 Å². The highest BCUT2D eigenvalue weighted by Gasteiger charge is 2.15. The first-order valence-electron chi connectivity index (χ1n) is 5.43. The summed E-state index contributed by atoms with van der Waals surface area (Å²) in [6, 6.07) is 0. The molecule has 0 bridgehead atoms. The quantitative estimate of drug-likeness (QED) is 0.560. The Hall–Kier alpha value is -1.41. The molecule has 2 rings (SSSR count). The third-order valence-electron chi connectivity index (χ3n) is 2.43. The van der Waals surface area contributed by atoms with Crippen molar-refractivity contribution in [1.82, 2.24) is 19.5 Å². The number of nitrogen functional groups attached to an aromatic ring is 1. The number of nitrogens with one attached hydrogen (secondary N) is 1. The molecule has 0 spiro atoms. The van der Waals surface area contributed by atoms with E-state index in [0.717, 1.165) is 0 Å². The molecule has 0 radical (unpaired) electrons. The second kappa shape index (κ2) is 5.70. The van der Waals surface area contributed by atoms with Gasteiger partial charge in [0.15, 0.2) is 10.6 Å². The molecule has 0 fully saturated rings. The van der Waals surface area contributed by atoms with Crippen molar-refractivity contribution in [2.75, 3.05) is 12.1 Å². The highest BCUT2D eigenvalue weighted by atomic mass is 32.1. The van der Waals surface area contributed by atoms with Crippen molar-refractivity contribution in [3.05, 3.63) is 11.0 Å². The van der Waals surface area contributed by atoms with E-state index in [-0.39, 0.29) is 18.4 Å². The summed E-state index contributed by atoms with van der Waals surface area (Å²) in [6.07, 6.45) is 1.15. The molecular formula is C9H13N5O3PS+. The van der Waals surface area contributed by atoms with E-state index < -0.39 is 8.03 Å². The fourth-order valence-electron chi connectivity index (χ4n) is 1.64. The average Bonchev–Trinajstić information content (AvgIpc) is 2.70. The van der Waals surface area contributed by atoms with Gasteiger partial charge in [0, 0.05) is 0 Å². The van der Waals surface area contributed by atoms with Crippen LogP contribution in [0.15, 0.2) is 6.33 Å². The minimum absolute atomic E-state index is 0.192. The standard InChI is InChI=1S/C9H12N5O3PS/c1-5(17-4-18(15)16)2-14-3-11-6-7(14)12-9(10)13-8(6)19/h3,5H,2,4H2,1H3,(H3-,10,12,13,15,16,19)/p+1. The molecule has 0 aromatic carbocycles. The summed E-state index contributed by atoms with van der Waals surface area (Å²) in [6.45, 7) is 2.25. The fourth-order valence-corrected chi connectivity index (χ4v) is 2.27. The van der Waals surface area contributed by atoms with E-state index in [1.165, 1.54) is 0 Å². The maximum atomic E-state index is 10.6. The van der Waals surface area contributed by atoms with E-state index in [1.54, 1.807) is 17.8 Å². The molecular weight excluding hydrogens is 289 g/mol. The second-order valence-electron chi connectivity index (χ2n) is 3.98. The lowest BCUT2D eigenvalue weighted by atomic mass is 10.4. The minimum atomic E-state index is -2.29. The number of anilines is 1. The summed E-state index contributed by atoms with van der Waals surface area (Å²) in [5.74, 6) is 0.214. The molecule has 2 aromatic heterocycles. The lowest BCUT2D eigenvalue weighted by molar-refractivity contribution is 0.0847. The maximum absolute atomic E-state index is 10.6. The van der Waals surface area contributed by atoms with Crippen LogP contribution in [-0.2, 0) is 15.8 Å². The van der Waals surface area contributed by atoms with Gasteiger partial charge in [-0.15, -0.1) is 0 Å². The van der Waals surface area contributed by atoms with Gasteiger partial charge in [-0.25, -0.2) is 9.97 Å². The Morgan fingerprint density at radius 1 is 1.74 bits per heavy atom. The van der Waals surface area contributed by atoms with Crippen molar-refractivity contribution in [2.24, 2.45) is 0 Å². The average molecular weight is 302 g/mol. The number of H-pyrrole nitrogens is 1. The molecule has 8 nitrogen and oxygen atoms in total. The van der Waals surface area contributed by atoms with Crippen molar-refractivity contribution in [1.29, 1.82) is 0 Å². The number of fused-ring (bicyclic) bond motifs is 1. The molecule has 0 saturated carbocycles. The van der Waals surface area contributed by atoms with Crippen LogP contribution in [0, 0.1) is 4.64 Å². The zero-order chi connectivity index (χ0) is 14.0. The summed E-state index contributed by atoms with van der Waals surface area (Å²) in [4.78, 5) is 19.6. The van der Waals surface area contributed by atoms with Gasteiger partial charge in [0.25, 0.3) is 6.35 Å². The molecule has 102 valence electrons. The summed E-state index contributed by atoms with van der Waals surface area (Å²) in [5, 5.41) is 0. The number of imidazole rings is 1. The van der Waals surface area contributed by atoms with E-state index >= 15 is 0 Å². The number of nitrogens with zero attached hydrogens (tertiary/aromatic N) is 3. The van der Waals surface area contributed by atoms with Crippen molar-refractivity contribution < 1.29 is 14.2 Å². The Morgan fingerprint density at radius 2 is 2.47 bits per heavy atom. The summed E-state index contributed by atoms with van der Waals surface area (Å²) in [7, 11) is -2.29. The van der Waals surface area contributed by atoms with E-state index in [4.69, 9.17) is 27.6 Å². The number of aromatic nitrogens is 4. The van der Waals surface area contributed by atoms with Crippen LogP contribution < -0.4 is 5.73 Å². The first kappa shape index (κ1) is 14.0. The van der Waals surface area contributed by atoms with Crippen molar-refractivity contribution in [3.63, 3.8) is 0 Å². The van der Waals surface area contributed by atoms with Crippen LogP contribution in [0.3, 0.4) is 0 Å². The lowest BCUT2D eigenvalue weighted by Gasteiger charge is -2.10. The molecule has 2 atom stereocenters. The first-order chi connectivity index (χ1) is 8.97.